The van der Waals surface area contributed by atoms with Crippen LogP contribution >= 0.6 is 15.9 Å². The first-order valence-electron chi connectivity index (χ1n) is 7.13. The lowest BCUT2D eigenvalue weighted by Crippen LogP contribution is -2.32. The Morgan fingerprint density at radius 2 is 1.88 bits per heavy atom. The molecule has 2 rings (SSSR count). The van der Waals surface area contributed by atoms with Gasteiger partial charge in [-0.3, -0.25) is 14.9 Å². The molecule has 1 amide bonds. The SMILES string of the molecule is O=C(COC(=O)c1ccc(Br)o1)NCCNc1ccc([N+](=O)[O-])cc1. The van der Waals surface area contributed by atoms with Gasteiger partial charge in [0.15, 0.2) is 11.3 Å². The number of nitrogens with one attached hydrogen (secondary N) is 2. The molecule has 0 spiro atoms. The van der Waals surface area contributed by atoms with Crippen LogP contribution in [0.1, 0.15) is 10.6 Å². The molecule has 0 aliphatic carbocycles. The summed E-state index contributed by atoms with van der Waals surface area (Å²) < 4.78 is 10.2. The molecular formula is C15H14BrN3O6. The molecule has 0 bridgehead atoms. The molecular weight excluding hydrogens is 398 g/mol. The molecule has 0 saturated heterocycles. The fraction of sp³-hybridized carbons (Fsp3) is 0.200. The van der Waals surface area contributed by atoms with Crippen molar-refractivity contribution in [3.8, 4) is 0 Å². The van der Waals surface area contributed by atoms with Crippen molar-refractivity contribution < 1.29 is 23.7 Å². The molecule has 10 heteroatoms. The summed E-state index contributed by atoms with van der Waals surface area (Å²) in [5, 5.41) is 16.1. The van der Waals surface area contributed by atoms with E-state index >= 15 is 0 Å². The van der Waals surface area contributed by atoms with E-state index in [9.17, 15) is 19.7 Å². The van der Waals surface area contributed by atoms with E-state index in [0.29, 0.717) is 23.4 Å². The van der Waals surface area contributed by atoms with Gasteiger partial charge in [0.25, 0.3) is 11.6 Å². The van der Waals surface area contributed by atoms with Gasteiger partial charge in [0.1, 0.15) is 0 Å². The van der Waals surface area contributed by atoms with Crippen molar-refractivity contribution in [1.82, 2.24) is 5.32 Å². The lowest BCUT2D eigenvalue weighted by atomic mass is 10.3. The van der Waals surface area contributed by atoms with Gasteiger partial charge in [0.05, 0.1) is 4.92 Å². The quantitative estimate of drug-likeness (QED) is 0.295. The number of nitro benzene ring substituents is 1. The van der Waals surface area contributed by atoms with Gasteiger partial charge in [0.2, 0.25) is 5.76 Å². The first-order valence-corrected chi connectivity index (χ1v) is 7.92. The van der Waals surface area contributed by atoms with Gasteiger partial charge in [-0.15, -0.1) is 0 Å². The van der Waals surface area contributed by atoms with Crippen molar-refractivity contribution in [2.45, 2.75) is 0 Å². The summed E-state index contributed by atoms with van der Waals surface area (Å²) in [5.41, 5.74) is 0.693. The van der Waals surface area contributed by atoms with Crippen LogP contribution in [0, 0.1) is 10.1 Å². The number of esters is 1. The van der Waals surface area contributed by atoms with Crippen molar-refractivity contribution in [3.63, 3.8) is 0 Å². The van der Waals surface area contributed by atoms with Crippen LogP contribution in [0.25, 0.3) is 0 Å². The summed E-state index contributed by atoms with van der Waals surface area (Å²) >= 11 is 3.06. The van der Waals surface area contributed by atoms with Gasteiger partial charge < -0.3 is 19.8 Å². The van der Waals surface area contributed by atoms with Crippen LogP contribution in [0.15, 0.2) is 45.5 Å². The molecule has 1 heterocycles. The number of benzene rings is 1. The van der Waals surface area contributed by atoms with E-state index in [-0.39, 0.29) is 11.4 Å². The van der Waals surface area contributed by atoms with E-state index in [2.05, 4.69) is 26.6 Å². The van der Waals surface area contributed by atoms with Crippen LogP contribution in [0.5, 0.6) is 0 Å². The molecule has 1 aromatic heterocycles. The third-order valence-corrected chi connectivity index (χ3v) is 3.39. The Bertz CT molecular complexity index is 759. The van der Waals surface area contributed by atoms with Crippen molar-refractivity contribution in [2.24, 2.45) is 0 Å². The molecule has 0 unspecified atom stereocenters. The molecule has 0 atom stereocenters. The van der Waals surface area contributed by atoms with Gasteiger partial charge in [-0.2, -0.15) is 0 Å². The molecule has 0 aliphatic rings. The zero-order valence-corrected chi connectivity index (χ0v) is 14.4. The van der Waals surface area contributed by atoms with E-state index in [0.717, 1.165) is 0 Å². The second-order valence-corrected chi connectivity index (χ2v) is 5.54. The van der Waals surface area contributed by atoms with Gasteiger partial charge in [-0.1, -0.05) is 0 Å². The molecule has 0 radical (unpaired) electrons. The lowest BCUT2D eigenvalue weighted by molar-refractivity contribution is -0.384. The number of carbonyl (C=O) groups is 2. The predicted molar refractivity (Wildman–Crippen MR) is 91.3 cm³/mol. The molecule has 132 valence electrons. The molecule has 0 fully saturated rings. The highest BCUT2D eigenvalue weighted by molar-refractivity contribution is 9.10. The van der Waals surface area contributed by atoms with Gasteiger partial charge in [-0.05, 0) is 40.2 Å². The minimum atomic E-state index is -0.732. The second-order valence-electron chi connectivity index (χ2n) is 4.76. The molecule has 9 nitrogen and oxygen atoms in total. The Labute approximate surface area is 150 Å². The molecule has 0 aliphatic heterocycles. The van der Waals surface area contributed by atoms with Crippen LogP contribution in [0.3, 0.4) is 0 Å². The number of nitro groups is 1. The van der Waals surface area contributed by atoms with Crippen molar-refractivity contribution >= 4 is 39.2 Å². The Morgan fingerprint density at radius 3 is 2.48 bits per heavy atom. The van der Waals surface area contributed by atoms with Crippen molar-refractivity contribution in [3.05, 3.63) is 56.9 Å². The maximum atomic E-state index is 11.6. The maximum Gasteiger partial charge on any atom is 0.374 e. The Hall–Kier alpha value is -2.88. The van der Waals surface area contributed by atoms with Crippen LogP contribution in [0.4, 0.5) is 11.4 Å². The van der Waals surface area contributed by atoms with E-state index in [1.807, 2.05) is 0 Å². The molecule has 1 aromatic carbocycles. The standard InChI is InChI=1S/C15H14BrN3O6/c16-13-6-5-12(25-13)15(21)24-9-14(20)18-8-7-17-10-1-3-11(4-2-10)19(22)23/h1-6,17H,7-9H2,(H,18,20). The summed E-state index contributed by atoms with van der Waals surface area (Å²) in [6.45, 7) is 0.275. The van der Waals surface area contributed by atoms with Crippen LogP contribution in [-0.4, -0.2) is 36.5 Å². The summed E-state index contributed by atoms with van der Waals surface area (Å²) in [7, 11) is 0. The van der Waals surface area contributed by atoms with E-state index in [4.69, 9.17) is 9.15 Å². The average Bonchev–Trinajstić information content (AvgIpc) is 3.03. The van der Waals surface area contributed by atoms with Crippen LogP contribution < -0.4 is 10.6 Å². The monoisotopic (exact) mass is 411 g/mol. The lowest BCUT2D eigenvalue weighted by Gasteiger charge is -2.08. The minimum Gasteiger partial charge on any atom is -0.450 e. The summed E-state index contributed by atoms with van der Waals surface area (Å²) in [6, 6.07) is 8.88. The first-order chi connectivity index (χ1) is 12.0. The van der Waals surface area contributed by atoms with Gasteiger partial charge >= 0.3 is 5.97 Å². The number of halogens is 1. The Morgan fingerprint density at radius 1 is 1.16 bits per heavy atom. The number of ether oxygens (including phenoxy) is 1. The first kappa shape index (κ1) is 18.5. The van der Waals surface area contributed by atoms with Crippen molar-refractivity contribution in [1.29, 1.82) is 0 Å². The third kappa shape index (κ3) is 5.92. The number of non-ortho nitro benzene ring substituents is 1. The van der Waals surface area contributed by atoms with Crippen LogP contribution in [-0.2, 0) is 9.53 Å². The topological polar surface area (TPSA) is 124 Å². The Balaban J connectivity index is 1.63. The average molecular weight is 412 g/mol. The summed E-state index contributed by atoms with van der Waals surface area (Å²) in [5.74, 6) is -1.19. The maximum absolute atomic E-state index is 11.6. The highest BCUT2D eigenvalue weighted by Gasteiger charge is 2.13. The molecule has 2 aromatic rings. The molecule has 2 N–H and O–H groups in total. The number of nitrogens with zero attached hydrogens (tertiary/aromatic N) is 1. The van der Waals surface area contributed by atoms with E-state index < -0.39 is 23.4 Å². The zero-order valence-electron chi connectivity index (χ0n) is 12.9. The highest BCUT2D eigenvalue weighted by atomic mass is 79.9. The number of hydrogen-bond acceptors (Lipinski definition) is 7. The van der Waals surface area contributed by atoms with Gasteiger partial charge in [0, 0.05) is 30.9 Å². The normalized spacial score (nSPS) is 10.1. The van der Waals surface area contributed by atoms with Gasteiger partial charge in [-0.25, -0.2) is 4.79 Å². The summed E-state index contributed by atoms with van der Waals surface area (Å²) in [4.78, 5) is 33.2. The minimum absolute atomic E-state index is 0.000451. The largest absolute Gasteiger partial charge is 0.450 e. The molecule has 25 heavy (non-hydrogen) atoms. The number of furan rings is 1. The number of amides is 1. The fourth-order valence-corrected chi connectivity index (χ4v) is 2.09. The van der Waals surface area contributed by atoms with Crippen LogP contribution in [0.2, 0.25) is 0 Å². The number of carbonyl (C=O) groups excluding carboxylic acids is 2. The molecule has 0 saturated carbocycles. The van der Waals surface area contributed by atoms with Crippen molar-refractivity contribution in [2.75, 3.05) is 25.0 Å². The summed E-state index contributed by atoms with van der Waals surface area (Å²) in [6.07, 6.45) is 0. The highest BCUT2D eigenvalue weighted by Crippen LogP contribution is 2.15. The Kier molecular flexibility index (Phi) is 6.52. The fourth-order valence-electron chi connectivity index (χ4n) is 1.79. The number of hydrogen-bond donors (Lipinski definition) is 2. The third-order valence-electron chi connectivity index (χ3n) is 2.96. The predicted octanol–water partition coefficient (Wildman–Crippen LogP) is 2.34. The zero-order chi connectivity index (χ0) is 18.2. The van der Waals surface area contributed by atoms with E-state index in [1.54, 1.807) is 18.2 Å². The number of anilines is 1. The smallest absolute Gasteiger partial charge is 0.374 e. The number of rotatable bonds is 8. The second kappa shape index (κ2) is 8.83. The van der Waals surface area contributed by atoms with E-state index in [1.165, 1.54) is 18.2 Å².